The summed E-state index contributed by atoms with van der Waals surface area (Å²) in [6.45, 7) is 0. The largest absolute Gasteiger partial charge is 0.393 e. The van der Waals surface area contributed by atoms with Crippen molar-refractivity contribution in [3.05, 3.63) is 8.02 Å². The predicted octanol–water partition coefficient (Wildman–Crippen LogP) is 1.38. The molecule has 1 fully saturated rings. The Balaban J connectivity index is 2.07. The van der Waals surface area contributed by atoms with E-state index in [1.165, 1.54) is 0 Å². The molecule has 0 spiro atoms. The van der Waals surface area contributed by atoms with E-state index in [9.17, 15) is 0 Å². The van der Waals surface area contributed by atoms with Crippen LogP contribution < -0.4 is 0 Å². The summed E-state index contributed by atoms with van der Waals surface area (Å²) in [6, 6.07) is 0. The molecule has 1 aliphatic rings. The van der Waals surface area contributed by atoms with Crippen LogP contribution in [0.3, 0.4) is 0 Å². The molecule has 1 heterocycles. The molecule has 2 rings (SSSR count). The molecule has 1 aliphatic carbocycles. The van der Waals surface area contributed by atoms with E-state index in [0.29, 0.717) is 5.92 Å². The first kappa shape index (κ1) is 7.88. The zero-order valence-electron chi connectivity index (χ0n) is 5.70. The minimum Gasteiger partial charge on any atom is -0.393 e. The normalized spacial score (nSPS) is 30.0. The van der Waals surface area contributed by atoms with Crippen molar-refractivity contribution in [3.8, 4) is 0 Å². The van der Waals surface area contributed by atoms with Crippen LogP contribution in [-0.4, -0.2) is 21.4 Å². The first-order chi connectivity index (χ1) is 5.25. The second-order valence-electron chi connectivity index (χ2n) is 2.72. The third-order valence-corrected chi connectivity index (χ3v) is 3.63. The summed E-state index contributed by atoms with van der Waals surface area (Å²) in [6.07, 6.45) is 1.64. The lowest BCUT2D eigenvalue weighted by atomic mass is 9.83. The average molecular weight is 282 g/mol. The quantitative estimate of drug-likeness (QED) is 0.792. The number of hydrogen-bond donors (Lipinski definition) is 1. The minimum atomic E-state index is -0.0958. The van der Waals surface area contributed by atoms with Gasteiger partial charge in [0.05, 0.1) is 6.10 Å². The second-order valence-corrected chi connectivity index (χ2v) is 5.48. The second kappa shape index (κ2) is 2.95. The smallest absolute Gasteiger partial charge is 0.178 e. The van der Waals surface area contributed by atoms with E-state index in [1.807, 2.05) is 0 Å². The van der Waals surface area contributed by atoms with Crippen LogP contribution in [0.5, 0.6) is 0 Å². The molecule has 1 saturated carbocycles. The fourth-order valence-corrected chi connectivity index (χ4v) is 2.65. The molecule has 0 aromatic carbocycles. The van der Waals surface area contributed by atoms with Crippen molar-refractivity contribution in [2.75, 3.05) is 0 Å². The highest BCUT2D eigenvalue weighted by Gasteiger charge is 2.31. The van der Waals surface area contributed by atoms with E-state index in [-0.39, 0.29) is 6.10 Å². The van der Waals surface area contributed by atoms with E-state index >= 15 is 0 Å². The Morgan fingerprint density at radius 1 is 1.45 bits per heavy atom. The fraction of sp³-hybridized carbons (Fsp3) is 0.667. The molecule has 1 N–H and O–H groups in total. The van der Waals surface area contributed by atoms with Gasteiger partial charge < -0.3 is 5.11 Å². The van der Waals surface area contributed by atoms with Crippen LogP contribution in [0.1, 0.15) is 23.8 Å². The maximum Gasteiger partial charge on any atom is 0.178 e. The van der Waals surface area contributed by atoms with Crippen LogP contribution in [0.15, 0.2) is 0 Å². The Morgan fingerprint density at radius 3 is 2.64 bits per heavy atom. The summed E-state index contributed by atoms with van der Waals surface area (Å²) in [4.78, 5) is 0. The summed E-state index contributed by atoms with van der Waals surface area (Å²) in [5, 5.41) is 18.1. The molecule has 0 unspecified atom stereocenters. The molecule has 5 heteroatoms. The van der Waals surface area contributed by atoms with Gasteiger partial charge in [-0.05, 0) is 35.4 Å². The topological polar surface area (TPSA) is 46.0 Å². The van der Waals surface area contributed by atoms with Gasteiger partial charge in [-0.1, -0.05) is 11.3 Å². The van der Waals surface area contributed by atoms with Crippen molar-refractivity contribution >= 4 is 33.9 Å². The Bertz CT molecular complexity index is 259. The van der Waals surface area contributed by atoms with Gasteiger partial charge >= 0.3 is 0 Å². The summed E-state index contributed by atoms with van der Waals surface area (Å²) in [5.41, 5.74) is 0. The third kappa shape index (κ3) is 1.54. The van der Waals surface area contributed by atoms with E-state index in [4.69, 9.17) is 5.11 Å². The molecule has 11 heavy (non-hydrogen) atoms. The molecule has 1 aromatic rings. The molecule has 0 aliphatic heterocycles. The number of halogens is 1. The molecular weight excluding hydrogens is 275 g/mol. The van der Waals surface area contributed by atoms with Crippen LogP contribution in [-0.2, 0) is 0 Å². The van der Waals surface area contributed by atoms with E-state index < -0.39 is 0 Å². The van der Waals surface area contributed by atoms with Crippen molar-refractivity contribution in [2.45, 2.75) is 24.9 Å². The molecule has 0 saturated heterocycles. The van der Waals surface area contributed by atoms with E-state index in [0.717, 1.165) is 20.9 Å². The monoisotopic (exact) mass is 282 g/mol. The Morgan fingerprint density at radius 2 is 2.18 bits per heavy atom. The molecule has 0 amide bonds. The van der Waals surface area contributed by atoms with Crippen LogP contribution in [0.25, 0.3) is 0 Å². The number of aliphatic hydroxyl groups is 1. The standard InChI is InChI=1S/C6H7IN2OS/c7-6-9-8-5(11-6)3-1-4(10)2-3/h3-4,10H,1-2H2. The summed E-state index contributed by atoms with van der Waals surface area (Å²) >= 11 is 3.79. The highest BCUT2D eigenvalue weighted by Crippen LogP contribution is 2.37. The number of aliphatic hydroxyl groups excluding tert-OH is 1. The highest BCUT2D eigenvalue weighted by molar-refractivity contribution is 14.1. The minimum absolute atomic E-state index is 0.0958. The van der Waals surface area contributed by atoms with Gasteiger partial charge in [-0.3, -0.25) is 0 Å². The molecule has 0 bridgehead atoms. The number of nitrogens with zero attached hydrogens (tertiary/aromatic N) is 2. The molecule has 1 aromatic heterocycles. The maximum atomic E-state index is 9.04. The van der Waals surface area contributed by atoms with Gasteiger partial charge in [0.15, 0.2) is 3.01 Å². The number of hydrogen-bond acceptors (Lipinski definition) is 4. The first-order valence-electron chi connectivity index (χ1n) is 3.42. The molecule has 0 atom stereocenters. The number of rotatable bonds is 1. The molecule has 0 radical (unpaired) electrons. The van der Waals surface area contributed by atoms with Crippen LogP contribution in [0, 0.1) is 3.01 Å². The zero-order chi connectivity index (χ0) is 7.84. The van der Waals surface area contributed by atoms with Gasteiger partial charge in [0.25, 0.3) is 0 Å². The van der Waals surface area contributed by atoms with Crippen LogP contribution in [0.2, 0.25) is 0 Å². The van der Waals surface area contributed by atoms with Crippen molar-refractivity contribution < 1.29 is 5.11 Å². The van der Waals surface area contributed by atoms with Crippen molar-refractivity contribution in [3.63, 3.8) is 0 Å². The summed E-state index contributed by atoms with van der Waals surface area (Å²) in [7, 11) is 0. The predicted molar refractivity (Wildman–Crippen MR) is 50.6 cm³/mol. The van der Waals surface area contributed by atoms with E-state index in [2.05, 4.69) is 32.8 Å². The average Bonchev–Trinajstić information content (AvgIpc) is 2.29. The van der Waals surface area contributed by atoms with Gasteiger partial charge in [-0.2, -0.15) is 0 Å². The molecular formula is C6H7IN2OS. The van der Waals surface area contributed by atoms with E-state index in [1.54, 1.807) is 11.3 Å². The Labute approximate surface area is 82.0 Å². The molecule has 3 nitrogen and oxygen atoms in total. The summed E-state index contributed by atoms with van der Waals surface area (Å²) in [5.74, 6) is 0.478. The summed E-state index contributed by atoms with van der Waals surface area (Å²) < 4.78 is 0.985. The lowest BCUT2D eigenvalue weighted by Crippen LogP contribution is -2.26. The highest BCUT2D eigenvalue weighted by atomic mass is 127. The fourth-order valence-electron chi connectivity index (χ4n) is 1.17. The van der Waals surface area contributed by atoms with Gasteiger partial charge in [0.1, 0.15) is 5.01 Å². The van der Waals surface area contributed by atoms with Gasteiger partial charge in [-0.25, -0.2) is 0 Å². The van der Waals surface area contributed by atoms with Crippen LogP contribution in [0.4, 0.5) is 0 Å². The maximum absolute atomic E-state index is 9.04. The zero-order valence-corrected chi connectivity index (χ0v) is 8.67. The van der Waals surface area contributed by atoms with Crippen LogP contribution >= 0.6 is 33.9 Å². The SMILES string of the molecule is OC1CC(c2nnc(I)s2)C1. The number of aromatic nitrogens is 2. The Kier molecular flexibility index (Phi) is 2.11. The Hall–Kier alpha value is 0.250. The first-order valence-corrected chi connectivity index (χ1v) is 5.32. The van der Waals surface area contributed by atoms with Gasteiger partial charge in [0.2, 0.25) is 0 Å². The lowest BCUT2D eigenvalue weighted by Gasteiger charge is -2.28. The third-order valence-electron chi connectivity index (χ3n) is 1.88. The molecule has 60 valence electrons. The lowest BCUT2D eigenvalue weighted by molar-refractivity contribution is 0.0743. The van der Waals surface area contributed by atoms with Crippen molar-refractivity contribution in [1.29, 1.82) is 0 Å². The van der Waals surface area contributed by atoms with Gasteiger partial charge in [-0.15, -0.1) is 10.2 Å². The van der Waals surface area contributed by atoms with Crippen molar-refractivity contribution in [1.82, 2.24) is 10.2 Å². The van der Waals surface area contributed by atoms with Gasteiger partial charge in [0, 0.05) is 5.92 Å². The van der Waals surface area contributed by atoms with Crippen molar-refractivity contribution in [2.24, 2.45) is 0 Å².